The lowest BCUT2D eigenvalue weighted by Gasteiger charge is -2.35. The molecule has 0 spiro atoms. The summed E-state index contributed by atoms with van der Waals surface area (Å²) in [5.41, 5.74) is 2.90. The van der Waals surface area contributed by atoms with E-state index in [4.69, 9.17) is 9.15 Å². The molecule has 3 amide bonds. The summed E-state index contributed by atoms with van der Waals surface area (Å²) in [6, 6.07) is 16.7. The van der Waals surface area contributed by atoms with Gasteiger partial charge >= 0.3 is 5.97 Å². The topological polar surface area (TPSA) is 109 Å². The maximum absolute atomic E-state index is 13.1. The van der Waals surface area contributed by atoms with Crippen molar-refractivity contribution in [3.05, 3.63) is 83.8 Å². The zero-order valence-corrected chi connectivity index (χ0v) is 18.1. The summed E-state index contributed by atoms with van der Waals surface area (Å²) in [7, 11) is 0. The molecular formula is C25H21N3O6. The summed E-state index contributed by atoms with van der Waals surface area (Å²) in [4.78, 5) is 53.7. The number of rotatable bonds is 4. The summed E-state index contributed by atoms with van der Waals surface area (Å²) in [6.45, 7) is -0.516. The number of furan rings is 1. The largest absolute Gasteiger partial charge is 0.459 e. The van der Waals surface area contributed by atoms with Crippen LogP contribution in [0, 0.1) is 0 Å². The molecule has 2 aromatic carbocycles. The minimum absolute atomic E-state index is 0.115. The van der Waals surface area contributed by atoms with Crippen LogP contribution < -0.4 is 10.2 Å². The van der Waals surface area contributed by atoms with E-state index in [0.29, 0.717) is 11.4 Å². The van der Waals surface area contributed by atoms with Gasteiger partial charge in [-0.2, -0.15) is 0 Å². The van der Waals surface area contributed by atoms with Crippen LogP contribution in [0.2, 0.25) is 0 Å². The zero-order chi connectivity index (χ0) is 23.7. The van der Waals surface area contributed by atoms with Gasteiger partial charge in [0.2, 0.25) is 5.91 Å². The Kier molecular flexibility index (Phi) is 5.59. The highest BCUT2D eigenvalue weighted by Crippen LogP contribution is 2.29. The molecule has 3 heterocycles. The van der Waals surface area contributed by atoms with Gasteiger partial charge in [0.25, 0.3) is 11.8 Å². The number of amides is 3. The molecule has 0 radical (unpaired) electrons. The fraction of sp³-hybridized carbons (Fsp3) is 0.200. The second-order valence-corrected chi connectivity index (χ2v) is 8.05. The van der Waals surface area contributed by atoms with Gasteiger partial charge < -0.3 is 19.4 Å². The van der Waals surface area contributed by atoms with Crippen LogP contribution in [0.4, 0.5) is 11.4 Å². The van der Waals surface area contributed by atoms with Gasteiger partial charge in [0.15, 0.2) is 12.4 Å². The average molecular weight is 459 g/mol. The molecule has 172 valence electrons. The molecule has 0 fully saturated rings. The Morgan fingerprint density at radius 1 is 0.971 bits per heavy atom. The highest BCUT2D eigenvalue weighted by atomic mass is 16.5. The van der Waals surface area contributed by atoms with Crippen LogP contribution in [0.25, 0.3) is 0 Å². The van der Waals surface area contributed by atoms with Crippen LogP contribution in [-0.4, -0.2) is 47.8 Å². The third-order valence-electron chi connectivity index (χ3n) is 5.92. The first kappa shape index (κ1) is 21.4. The average Bonchev–Trinajstić information content (AvgIpc) is 3.40. The predicted molar refractivity (Wildman–Crippen MR) is 121 cm³/mol. The normalized spacial score (nSPS) is 16.8. The molecular weight excluding hydrogens is 438 g/mol. The van der Waals surface area contributed by atoms with Gasteiger partial charge in [-0.3, -0.25) is 19.3 Å². The molecule has 1 N–H and O–H groups in total. The van der Waals surface area contributed by atoms with Crippen molar-refractivity contribution in [1.29, 1.82) is 0 Å². The first-order valence-corrected chi connectivity index (χ1v) is 10.8. The highest BCUT2D eigenvalue weighted by Gasteiger charge is 2.37. The van der Waals surface area contributed by atoms with E-state index in [-0.39, 0.29) is 31.2 Å². The second-order valence-electron chi connectivity index (χ2n) is 8.05. The Balaban J connectivity index is 1.33. The van der Waals surface area contributed by atoms with Crippen molar-refractivity contribution < 1.29 is 28.3 Å². The Morgan fingerprint density at radius 2 is 1.74 bits per heavy atom. The Morgan fingerprint density at radius 3 is 2.53 bits per heavy atom. The Hall–Kier alpha value is -4.40. The molecule has 1 unspecified atom stereocenters. The monoisotopic (exact) mass is 459 g/mol. The molecule has 0 aliphatic carbocycles. The number of ether oxygens (including phenoxy) is 1. The summed E-state index contributed by atoms with van der Waals surface area (Å²) in [5.74, 6) is -1.88. The van der Waals surface area contributed by atoms with Crippen LogP contribution >= 0.6 is 0 Å². The number of nitrogens with one attached hydrogen (secondary N) is 1. The number of carbonyl (C=O) groups excluding carboxylic acids is 4. The van der Waals surface area contributed by atoms with Crippen LogP contribution in [0.3, 0.4) is 0 Å². The number of anilines is 2. The molecule has 2 aliphatic rings. The van der Waals surface area contributed by atoms with E-state index in [1.165, 1.54) is 22.1 Å². The third-order valence-corrected chi connectivity index (χ3v) is 5.92. The van der Waals surface area contributed by atoms with Gasteiger partial charge in [-0.05, 0) is 35.4 Å². The molecule has 9 nitrogen and oxygen atoms in total. The fourth-order valence-corrected chi connectivity index (χ4v) is 4.25. The number of nitrogens with zero attached hydrogens (tertiary/aromatic N) is 2. The standard InChI is InChI=1S/C25H21N3O6/c29-22-14-27(19-9-4-3-8-18(19)26-22)23(30)15-34-25(32)20-12-16-6-1-2-7-17(16)13-28(20)24(31)21-10-5-11-33-21/h1-11,20H,12-15H2,(H,26,29). The minimum atomic E-state index is -0.919. The lowest BCUT2D eigenvalue weighted by atomic mass is 9.93. The quantitative estimate of drug-likeness (QED) is 0.600. The molecule has 9 heteroatoms. The van der Waals surface area contributed by atoms with Crippen LogP contribution in [0.5, 0.6) is 0 Å². The van der Waals surface area contributed by atoms with Crippen molar-refractivity contribution in [2.24, 2.45) is 0 Å². The van der Waals surface area contributed by atoms with Crippen molar-refractivity contribution in [1.82, 2.24) is 4.90 Å². The predicted octanol–water partition coefficient (Wildman–Crippen LogP) is 2.38. The highest BCUT2D eigenvalue weighted by molar-refractivity contribution is 6.10. The maximum atomic E-state index is 13.1. The first-order valence-electron chi connectivity index (χ1n) is 10.8. The van der Waals surface area contributed by atoms with E-state index < -0.39 is 30.4 Å². The fourth-order valence-electron chi connectivity index (χ4n) is 4.25. The van der Waals surface area contributed by atoms with Gasteiger partial charge in [0.1, 0.15) is 12.6 Å². The molecule has 1 aromatic heterocycles. The van der Waals surface area contributed by atoms with Crippen molar-refractivity contribution in [3.8, 4) is 0 Å². The van der Waals surface area contributed by atoms with Gasteiger partial charge in [0.05, 0.1) is 17.6 Å². The molecule has 5 rings (SSSR count). The third kappa shape index (κ3) is 4.03. The van der Waals surface area contributed by atoms with Gasteiger partial charge in [-0.25, -0.2) is 4.79 Å². The number of esters is 1. The van der Waals surface area contributed by atoms with E-state index in [0.717, 1.165) is 11.1 Å². The summed E-state index contributed by atoms with van der Waals surface area (Å²) >= 11 is 0. The molecule has 0 saturated carbocycles. The smallest absolute Gasteiger partial charge is 0.329 e. The van der Waals surface area contributed by atoms with Crippen LogP contribution in [0.15, 0.2) is 71.3 Å². The minimum Gasteiger partial charge on any atom is -0.459 e. The number of fused-ring (bicyclic) bond motifs is 2. The molecule has 3 aromatic rings. The Bertz CT molecular complexity index is 1270. The first-order chi connectivity index (χ1) is 16.5. The number of benzene rings is 2. The van der Waals surface area contributed by atoms with Crippen molar-refractivity contribution in [3.63, 3.8) is 0 Å². The van der Waals surface area contributed by atoms with Crippen LogP contribution in [-0.2, 0) is 32.1 Å². The number of hydrogen-bond donors (Lipinski definition) is 1. The SMILES string of the molecule is O=C1CN(C(=O)COC(=O)C2Cc3ccccc3CN2C(=O)c2ccco2)c2ccccc2N1. The number of para-hydroxylation sites is 2. The van der Waals surface area contributed by atoms with Gasteiger partial charge in [-0.1, -0.05) is 36.4 Å². The molecule has 34 heavy (non-hydrogen) atoms. The molecule has 2 aliphatic heterocycles. The summed E-state index contributed by atoms with van der Waals surface area (Å²) in [5, 5.41) is 2.71. The van der Waals surface area contributed by atoms with Gasteiger partial charge in [-0.15, -0.1) is 0 Å². The van der Waals surface area contributed by atoms with Crippen molar-refractivity contribution in [2.45, 2.75) is 19.0 Å². The summed E-state index contributed by atoms with van der Waals surface area (Å²) in [6.07, 6.45) is 1.65. The van der Waals surface area contributed by atoms with E-state index in [2.05, 4.69) is 5.32 Å². The zero-order valence-electron chi connectivity index (χ0n) is 18.1. The van der Waals surface area contributed by atoms with E-state index in [1.807, 2.05) is 24.3 Å². The van der Waals surface area contributed by atoms with Crippen molar-refractivity contribution in [2.75, 3.05) is 23.4 Å². The van der Waals surface area contributed by atoms with Gasteiger partial charge in [0, 0.05) is 13.0 Å². The lowest BCUT2D eigenvalue weighted by Crippen LogP contribution is -2.50. The number of carbonyl (C=O) groups is 4. The molecule has 1 atom stereocenters. The van der Waals surface area contributed by atoms with Crippen molar-refractivity contribution >= 4 is 35.1 Å². The molecule has 0 bridgehead atoms. The maximum Gasteiger partial charge on any atom is 0.329 e. The molecule has 0 saturated heterocycles. The Labute approximate surface area is 194 Å². The van der Waals surface area contributed by atoms with E-state index in [1.54, 1.807) is 30.3 Å². The van der Waals surface area contributed by atoms with E-state index in [9.17, 15) is 19.2 Å². The van der Waals surface area contributed by atoms with E-state index >= 15 is 0 Å². The lowest BCUT2D eigenvalue weighted by molar-refractivity contribution is -0.153. The summed E-state index contributed by atoms with van der Waals surface area (Å²) < 4.78 is 10.6. The second kappa shape index (κ2) is 8.86. The van der Waals surface area contributed by atoms with Crippen LogP contribution in [0.1, 0.15) is 21.7 Å². The number of hydrogen-bond acceptors (Lipinski definition) is 6.